The molecule has 3 nitrogen and oxygen atoms in total. The van der Waals surface area contributed by atoms with Gasteiger partial charge in [0.05, 0.1) is 19.1 Å². The lowest BCUT2D eigenvalue weighted by atomic mass is 10.1. The zero-order valence-corrected chi connectivity index (χ0v) is 6.29. The molecule has 0 amide bonds. The van der Waals surface area contributed by atoms with E-state index in [-0.39, 0.29) is 6.42 Å². The van der Waals surface area contributed by atoms with Crippen LogP contribution in [0.25, 0.3) is 0 Å². The highest BCUT2D eigenvalue weighted by Gasteiger charge is 2.13. The molecule has 0 bridgehead atoms. The largest absolute Gasteiger partial charge is 0.495 e. The predicted octanol–water partition coefficient (Wildman–Crippen LogP) is 0.955. The Morgan fingerprint density at radius 2 is 2.64 bits per heavy atom. The van der Waals surface area contributed by atoms with Gasteiger partial charge in [-0.05, 0) is 18.9 Å². The van der Waals surface area contributed by atoms with Gasteiger partial charge in [0, 0.05) is 0 Å². The first-order valence-electron chi connectivity index (χ1n) is 3.72. The number of hydrogen-bond donors (Lipinski definition) is 1. The number of nitriles is 1. The second-order valence-electron chi connectivity index (χ2n) is 2.48. The molecule has 0 fully saturated rings. The number of aliphatic hydroxyl groups excluding tert-OH is 1. The summed E-state index contributed by atoms with van der Waals surface area (Å²) < 4.78 is 5.15. The third kappa shape index (κ3) is 2.24. The molecule has 3 heteroatoms. The Labute approximate surface area is 65.9 Å². The SMILES string of the molecule is N#CCC(O)C1=CCCCO1. The summed E-state index contributed by atoms with van der Waals surface area (Å²) in [6.07, 6.45) is 3.19. The van der Waals surface area contributed by atoms with E-state index in [4.69, 9.17) is 10.00 Å². The zero-order valence-electron chi connectivity index (χ0n) is 6.29. The van der Waals surface area contributed by atoms with E-state index in [1.165, 1.54) is 0 Å². The highest BCUT2D eigenvalue weighted by atomic mass is 16.5. The van der Waals surface area contributed by atoms with Crippen LogP contribution in [0.4, 0.5) is 0 Å². The van der Waals surface area contributed by atoms with Crippen molar-refractivity contribution in [2.45, 2.75) is 25.4 Å². The Hall–Kier alpha value is -1.01. The quantitative estimate of drug-likeness (QED) is 0.642. The van der Waals surface area contributed by atoms with Gasteiger partial charge < -0.3 is 9.84 Å². The average molecular weight is 153 g/mol. The highest BCUT2D eigenvalue weighted by Crippen LogP contribution is 2.14. The standard InChI is InChI=1S/C8H11NO2/c9-5-4-7(10)8-3-1-2-6-11-8/h3,7,10H,1-2,4,6H2. The maximum absolute atomic E-state index is 9.26. The van der Waals surface area contributed by atoms with Crippen LogP contribution in [0.2, 0.25) is 0 Å². The predicted molar refractivity (Wildman–Crippen MR) is 39.5 cm³/mol. The summed E-state index contributed by atoms with van der Waals surface area (Å²) >= 11 is 0. The van der Waals surface area contributed by atoms with Crippen molar-refractivity contribution in [3.63, 3.8) is 0 Å². The summed E-state index contributed by atoms with van der Waals surface area (Å²) in [6.45, 7) is 0.661. The fourth-order valence-corrected chi connectivity index (χ4v) is 0.996. The molecule has 1 unspecified atom stereocenters. The molecule has 1 N–H and O–H groups in total. The van der Waals surface area contributed by atoms with Crippen LogP contribution in [0.1, 0.15) is 19.3 Å². The third-order valence-electron chi connectivity index (χ3n) is 1.58. The monoisotopic (exact) mass is 153 g/mol. The number of aliphatic hydroxyl groups is 1. The molecule has 11 heavy (non-hydrogen) atoms. The number of rotatable bonds is 2. The minimum Gasteiger partial charge on any atom is -0.495 e. The summed E-state index contributed by atoms with van der Waals surface area (Å²) in [7, 11) is 0. The Kier molecular flexibility index (Phi) is 2.94. The van der Waals surface area contributed by atoms with Crippen molar-refractivity contribution >= 4 is 0 Å². The molecule has 1 aliphatic rings. The lowest BCUT2D eigenvalue weighted by molar-refractivity contribution is 0.0941. The Balaban J connectivity index is 2.45. The Morgan fingerprint density at radius 3 is 3.18 bits per heavy atom. The van der Waals surface area contributed by atoms with Gasteiger partial charge in [0.2, 0.25) is 0 Å². The van der Waals surface area contributed by atoms with Crippen LogP contribution < -0.4 is 0 Å². The van der Waals surface area contributed by atoms with Crippen molar-refractivity contribution in [2.24, 2.45) is 0 Å². The van der Waals surface area contributed by atoms with Gasteiger partial charge in [0.25, 0.3) is 0 Å². The first-order valence-corrected chi connectivity index (χ1v) is 3.72. The second kappa shape index (κ2) is 3.99. The van der Waals surface area contributed by atoms with Crippen LogP contribution in [0.5, 0.6) is 0 Å². The maximum Gasteiger partial charge on any atom is 0.124 e. The smallest absolute Gasteiger partial charge is 0.124 e. The Bertz CT molecular complexity index is 193. The van der Waals surface area contributed by atoms with E-state index in [0.717, 1.165) is 12.8 Å². The van der Waals surface area contributed by atoms with E-state index < -0.39 is 6.10 Å². The van der Waals surface area contributed by atoms with Crippen molar-refractivity contribution in [1.82, 2.24) is 0 Å². The molecular weight excluding hydrogens is 142 g/mol. The summed E-state index contributed by atoms with van der Waals surface area (Å²) in [5, 5.41) is 17.5. The minimum atomic E-state index is -0.722. The van der Waals surface area contributed by atoms with E-state index in [1.807, 2.05) is 12.1 Å². The van der Waals surface area contributed by atoms with E-state index in [2.05, 4.69) is 0 Å². The van der Waals surface area contributed by atoms with Crippen molar-refractivity contribution in [2.75, 3.05) is 6.61 Å². The minimum absolute atomic E-state index is 0.117. The summed E-state index contributed by atoms with van der Waals surface area (Å²) in [6, 6.07) is 1.89. The molecule has 0 aromatic heterocycles. The van der Waals surface area contributed by atoms with Crippen LogP contribution in [0.15, 0.2) is 11.8 Å². The van der Waals surface area contributed by atoms with Gasteiger partial charge in [-0.25, -0.2) is 0 Å². The van der Waals surface area contributed by atoms with Crippen LogP contribution in [-0.2, 0) is 4.74 Å². The normalized spacial score (nSPS) is 19.5. The topological polar surface area (TPSA) is 53.2 Å². The van der Waals surface area contributed by atoms with E-state index >= 15 is 0 Å². The molecule has 0 aromatic rings. The van der Waals surface area contributed by atoms with Gasteiger partial charge in [-0.2, -0.15) is 5.26 Å². The molecule has 1 aliphatic heterocycles. The van der Waals surface area contributed by atoms with Crippen LogP contribution >= 0.6 is 0 Å². The van der Waals surface area contributed by atoms with Gasteiger partial charge in [-0.3, -0.25) is 0 Å². The molecule has 0 saturated heterocycles. The molecule has 0 aromatic carbocycles. The highest BCUT2D eigenvalue weighted by molar-refractivity contribution is 5.04. The number of allylic oxidation sites excluding steroid dienone is 1. The molecule has 0 radical (unpaired) electrons. The molecule has 1 heterocycles. The molecular formula is C8H11NO2. The Morgan fingerprint density at radius 1 is 1.82 bits per heavy atom. The number of nitrogens with zero attached hydrogens (tertiary/aromatic N) is 1. The van der Waals surface area contributed by atoms with Crippen molar-refractivity contribution in [3.8, 4) is 6.07 Å². The molecule has 1 rings (SSSR count). The van der Waals surface area contributed by atoms with Gasteiger partial charge in [0.15, 0.2) is 0 Å². The van der Waals surface area contributed by atoms with Crippen LogP contribution in [-0.4, -0.2) is 17.8 Å². The van der Waals surface area contributed by atoms with Gasteiger partial charge in [0.1, 0.15) is 11.9 Å². The fraction of sp³-hybridized carbons (Fsp3) is 0.625. The van der Waals surface area contributed by atoms with E-state index in [0.29, 0.717) is 12.4 Å². The number of hydrogen-bond acceptors (Lipinski definition) is 3. The molecule has 1 atom stereocenters. The van der Waals surface area contributed by atoms with Gasteiger partial charge in [-0.1, -0.05) is 0 Å². The van der Waals surface area contributed by atoms with Crippen molar-refractivity contribution < 1.29 is 9.84 Å². The third-order valence-corrected chi connectivity index (χ3v) is 1.58. The zero-order chi connectivity index (χ0) is 8.10. The number of ether oxygens (including phenoxy) is 1. The maximum atomic E-state index is 9.26. The van der Waals surface area contributed by atoms with Gasteiger partial charge in [-0.15, -0.1) is 0 Å². The molecule has 60 valence electrons. The molecule has 0 aliphatic carbocycles. The summed E-state index contributed by atoms with van der Waals surface area (Å²) in [5.74, 6) is 0.567. The summed E-state index contributed by atoms with van der Waals surface area (Å²) in [5.41, 5.74) is 0. The van der Waals surface area contributed by atoms with Crippen molar-refractivity contribution in [1.29, 1.82) is 5.26 Å². The molecule has 0 spiro atoms. The van der Waals surface area contributed by atoms with Gasteiger partial charge >= 0.3 is 0 Å². The fourth-order valence-electron chi connectivity index (χ4n) is 0.996. The van der Waals surface area contributed by atoms with Crippen LogP contribution in [0, 0.1) is 11.3 Å². The lowest BCUT2D eigenvalue weighted by Gasteiger charge is -2.17. The van der Waals surface area contributed by atoms with Crippen molar-refractivity contribution in [3.05, 3.63) is 11.8 Å². The molecule has 0 saturated carbocycles. The average Bonchev–Trinajstić information content (AvgIpc) is 2.07. The lowest BCUT2D eigenvalue weighted by Crippen LogP contribution is -2.15. The summed E-state index contributed by atoms with van der Waals surface area (Å²) in [4.78, 5) is 0. The second-order valence-corrected chi connectivity index (χ2v) is 2.48. The van der Waals surface area contributed by atoms with E-state index in [1.54, 1.807) is 0 Å². The van der Waals surface area contributed by atoms with E-state index in [9.17, 15) is 5.11 Å². The first kappa shape index (κ1) is 8.09. The van der Waals surface area contributed by atoms with Crippen LogP contribution in [0.3, 0.4) is 0 Å². The first-order chi connectivity index (χ1) is 5.34.